The number of piperidine rings is 1. The number of rotatable bonds is 11. The first-order chi connectivity index (χ1) is 72.2. The molecule has 13 heterocycles. The van der Waals surface area contributed by atoms with Crippen molar-refractivity contribution in [2.24, 2.45) is 0 Å². The molecular weight excluding hydrogens is 1830 g/mol. The maximum Gasteiger partial charge on any atom is 0.270 e. The summed E-state index contributed by atoms with van der Waals surface area (Å²) in [7, 11) is 0. The number of nitro groups is 2. The Morgan fingerprint density at radius 1 is 0.327 bits per heavy atom. The van der Waals surface area contributed by atoms with E-state index in [0.717, 1.165) is 245 Å². The van der Waals surface area contributed by atoms with E-state index in [1.807, 2.05) is 128 Å². The predicted octanol–water partition coefficient (Wildman–Crippen LogP) is 29.7. The summed E-state index contributed by atoms with van der Waals surface area (Å²) in [5.41, 5.74) is 31.2. The molecule has 0 aliphatic carbocycles. The Hall–Kier alpha value is -20.0. The van der Waals surface area contributed by atoms with E-state index in [1.165, 1.54) is 63.3 Å². The van der Waals surface area contributed by atoms with Gasteiger partial charge < -0.3 is 60.5 Å². The van der Waals surface area contributed by atoms with Crippen molar-refractivity contribution in [3.05, 3.63) is 390 Å². The Bertz CT molecular complexity index is 10200. The third-order valence-corrected chi connectivity index (χ3v) is 28.5. The van der Waals surface area contributed by atoms with Gasteiger partial charge in [0.15, 0.2) is 5.78 Å². The van der Waals surface area contributed by atoms with Gasteiger partial charge in [-0.05, 0) is 149 Å². The second kappa shape index (κ2) is 35.6. The first-order valence-electron chi connectivity index (χ1n) is 48.7. The molecule has 0 saturated carbocycles. The predicted molar refractivity (Wildman–Crippen MR) is 594 cm³/mol. The van der Waals surface area contributed by atoms with E-state index in [1.54, 1.807) is 49.6 Å². The van der Waals surface area contributed by atoms with Crippen LogP contribution in [0.25, 0.3) is 265 Å². The Balaban J connectivity index is 0.0000000933. The second-order valence-electron chi connectivity index (χ2n) is 37.2. The van der Waals surface area contributed by atoms with Crippen molar-refractivity contribution in [2.45, 2.75) is 33.1 Å². The molecule has 12 aromatic heterocycles. The number of pyridine rings is 2. The van der Waals surface area contributed by atoms with Gasteiger partial charge in [-0.2, -0.15) is 0 Å². The number of para-hydroxylation sites is 1. The Labute approximate surface area is 834 Å². The number of aryl methyl sites for hydroxylation is 1. The number of non-ortho nitro benzene ring substituents is 2. The van der Waals surface area contributed by atoms with Crippen molar-refractivity contribution in [3.63, 3.8) is 0 Å². The molecule has 1 aliphatic rings. The summed E-state index contributed by atoms with van der Waals surface area (Å²) in [4.78, 5) is 104. The number of imidazole rings is 5. The first-order valence-corrected chi connectivity index (χ1v) is 48.7. The van der Waals surface area contributed by atoms with Gasteiger partial charge >= 0.3 is 0 Å². The lowest BCUT2D eigenvalue weighted by atomic mass is 9.99. The molecule has 0 unspecified atom stereocenters. The van der Waals surface area contributed by atoms with E-state index < -0.39 is 0 Å². The Morgan fingerprint density at radius 2 is 0.728 bits per heavy atom. The molecule has 12 N–H and O–H groups in total. The van der Waals surface area contributed by atoms with Crippen LogP contribution in [0.5, 0.6) is 0 Å². The van der Waals surface area contributed by atoms with Crippen molar-refractivity contribution in [2.75, 3.05) is 23.7 Å². The molecule has 1 saturated heterocycles. The molecule has 30 rings (SSSR count). The number of nitrogens with zero attached hydrogens (tertiary/aromatic N) is 10. The Morgan fingerprint density at radius 3 is 1.24 bits per heavy atom. The molecule has 29 aromatic rings. The number of anilines is 2. The van der Waals surface area contributed by atoms with Crippen LogP contribution < -0.4 is 10.6 Å². The van der Waals surface area contributed by atoms with Crippen LogP contribution in [0.2, 0.25) is 0 Å². The van der Waals surface area contributed by atoms with Crippen molar-refractivity contribution in [3.8, 4) is 79.5 Å². The molecule has 0 radical (unpaired) electrons. The number of hydrogen-bond donors (Lipinski definition) is 11. The molecule has 1 aliphatic heterocycles. The van der Waals surface area contributed by atoms with Gasteiger partial charge in [-0.3, -0.25) is 25.0 Å². The number of nitrogens with one attached hydrogen (secondary N) is 10. The average Bonchev–Trinajstić information content (AvgIpc) is 1.62. The Kier molecular flexibility index (Phi) is 21.2. The largest absolute Gasteiger partial charge is 0.399 e. The lowest BCUT2D eigenvalue weighted by molar-refractivity contribution is -0.384. The van der Waals surface area contributed by atoms with Crippen LogP contribution in [0, 0.1) is 27.2 Å². The highest BCUT2D eigenvalue weighted by atomic mass is 16.6. The molecule has 0 amide bonds. The lowest BCUT2D eigenvalue weighted by Gasteiger charge is -2.28. The number of nitro benzene ring substituents is 2. The number of nitrogens with two attached hydrogens (primary N) is 1. The number of carbonyl (C=O) groups is 1. The zero-order valence-corrected chi connectivity index (χ0v) is 79.2. The minimum Gasteiger partial charge on any atom is -0.399 e. The summed E-state index contributed by atoms with van der Waals surface area (Å²) in [6.07, 6.45) is 15.1. The normalized spacial score (nSPS) is 12.3. The fraction of sp³-hybridized carbons (Fsp3) is 0.0579. The van der Waals surface area contributed by atoms with Gasteiger partial charge in [0.1, 0.15) is 40.4 Å². The number of aromatic nitrogens is 17. The highest BCUT2D eigenvalue weighted by Gasteiger charge is 2.27. The molecule has 17 aromatic carbocycles. The fourth-order valence-electron chi connectivity index (χ4n) is 21.6. The molecule has 147 heavy (non-hydrogen) atoms. The van der Waals surface area contributed by atoms with Crippen molar-refractivity contribution in [1.29, 1.82) is 0 Å². The van der Waals surface area contributed by atoms with Crippen LogP contribution in [0.15, 0.2) is 359 Å². The molecular formula is C121H87N21O5. The van der Waals surface area contributed by atoms with Gasteiger partial charge in [-0.25, -0.2) is 34.9 Å². The topological polar surface area (TPSA) is 381 Å². The summed E-state index contributed by atoms with van der Waals surface area (Å²) in [6.45, 7) is 6.01. The minimum absolute atomic E-state index is 0.0509. The maximum atomic E-state index is 11.7. The number of carbonyl (C=O) groups excluding carboxylic acids is 1. The number of benzene rings is 17. The average molecular weight is 1920 g/mol. The van der Waals surface area contributed by atoms with E-state index in [2.05, 4.69) is 254 Å². The van der Waals surface area contributed by atoms with Crippen LogP contribution in [0.4, 0.5) is 22.7 Å². The molecule has 0 atom stereocenters. The van der Waals surface area contributed by atoms with E-state index in [9.17, 15) is 25.0 Å². The van der Waals surface area contributed by atoms with Gasteiger partial charge in [-0.1, -0.05) is 224 Å². The third-order valence-electron chi connectivity index (χ3n) is 28.5. The molecule has 0 bridgehead atoms. The van der Waals surface area contributed by atoms with Crippen molar-refractivity contribution in [1.82, 2.24) is 84.7 Å². The van der Waals surface area contributed by atoms with E-state index in [-0.39, 0.29) is 27.0 Å². The van der Waals surface area contributed by atoms with Gasteiger partial charge in [0.05, 0.1) is 65.4 Å². The van der Waals surface area contributed by atoms with Gasteiger partial charge in [-0.15, -0.1) is 0 Å². The van der Waals surface area contributed by atoms with Crippen molar-refractivity contribution >= 4 is 214 Å². The molecule has 26 nitrogen and oxygen atoms in total. The van der Waals surface area contributed by atoms with E-state index in [4.69, 9.17) is 30.7 Å². The summed E-state index contributed by atoms with van der Waals surface area (Å²) in [6, 6.07) is 107. The van der Waals surface area contributed by atoms with Crippen LogP contribution >= 0.6 is 0 Å². The van der Waals surface area contributed by atoms with Crippen LogP contribution in [0.3, 0.4) is 0 Å². The summed E-state index contributed by atoms with van der Waals surface area (Å²) < 4.78 is 0. The third kappa shape index (κ3) is 15.2. The highest BCUT2D eigenvalue weighted by molar-refractivity contribution is 6.28. The minimum atomic E-state index is -0.379. The standard InChI is InChI=1S/C29H28N4.C25H17N3O.C23H14N4O2.C22H13N5O2.C22H15N5/c1-20-26(24-12-6-7-13-25(24)30-20)29-31-27(21-10-4-2-5-11-21)28(32-29)22-14-16-23(17-15-22)33-18-8-3-9-19-33;1-14(29)15-10-11-18-21(13-26-22(18)12-15)25-27-23-19-8-4-2-6-16(19)17-7-3-5-9-20(17)24(23)28-25;28-27(29)13-9-10-20-18(11-13)19(12-24-20)23-25-21-16-7-3-1-5-14(16)15-6-2-4-8-17(15)22(21)26-23;28-27(29)12-7-8-14-13-4-1-2-5-15(13)19-20(17(14)10-12)26-22(25-19)18-11-24-21-16(18)6-3-9-23-21;23-12-7-8-14-13-4-1-2-5-15(13)19-20(17(14)10-12)27-22(26-19)18-11-25-21-16(18)6-3-9-24-21/h2,4-7,10-17,30H,3,8-9,18-19H2,1H3,(H,31,32);2-13,26H,1H3,(H,27,28);1-12,24H,(H,25,26);1-11H,(H,23,24)(H,25,26);1-11H,23H2,(H,24,25)(H,26,27). The maximum absolute atomic E-state index is 11.7. The zero-order valence-electron chi connectivity index (χ0n) is 79.2. The number of fused-ring (bicyclic) bond motifs is 29. The van der Waals surface area contributed by atoms with Gasteiger partial charge in [0.25, 0.3) is 11.4 Å². The number of aromatic amines is 10. The van der Waals surface area contributed by atoms with Gasteiger partial charge in [0, 0.05) is 223 Å². The quantitative estimate of drug-likeness (QED) is 0.0189. The van der Waals surface area contributed by atoms with E-state index >= 15 is 0 Å². The van der Waals surface area contributed by atoms with Crippen LogP contribution in [-0.4, -0.2) is 113 Å². The lowest BCUT2D eigenvalue weighted by Crippen LogP contribution is -2.29. The van der Waals surface area contributed by atoms with E-state index in [0.29, 0.717) is 17.2 Å². The van der Waals surface area contributed by atoms with Crippen LogP contribution in [0.1, 0.15) is 42.2 Å². The molecule has 0 spiro atoms. The van der Waals surface area contributed by atoms with Crippen molar-refractivity contribution < 1.29 is 14.6 Å². The number of hydrogen-bond acceptors (Lipinski definition) is 14. The van der Waals surface area contributed by atoms with Crippen LogP contribution in [-0.2, 0) is 0 Å². The SMILES string of the molecule is CC(=O)c1ccc2c(-c3nc4c5ccccc5c5ccccc5c4[nH]3)c[nH]c2c1.Cc1[nH]c2ccccc2c1-c1nc(-c2ccccc2)c(-c2ccc(N3CCCCC3)cc2)[nH]1.Nc1ccc2c3ccccc3c3[nH]c(-c4c[nH]c5ncccc45)nc3c2c1.O=[N+]([O-])c1ccc2[nH]cc(-c3nc4c5ccccc5c5ccccc5c4[nH]3)c2c1.O=[N+]([O-])c1ccc2c3ccccc3c3[nH]c(-c4c[nH]c5ncccc45)nc3c2c1. The summed E-state index contributed by atoms with van der Waals surface area (Å²) in [5, 5.41) is 45.1. The number of nitrogen functional groups attached to an aromatic ring is 1. The fourth-order valence-corrected chi connectivity index (χ4v) is 21.6. The molecule has 1 fully saturated rings. The first kappa shape index (κ1) is 87.3. The van der Waals surface area contributed by atoms with Gasteiger partial charge in [0.2, 0.25) is 0 Å². The molecule has 26 heteroatoms. The summed E-state index contributed by atoms with van der Waals surface area (Å²) in [5.74, 6) is 3.99. The number of Topliss-reactive ketones (excluding diaryl/α,β-unsaturated/α-hetero) is 1. The summed E-state index contributed by atoms with van der Waals surface area (Å²) >= 11 is 0. The second-order valence-corrected chi connectivity index (χ2v) is 37.2. The number of H-pyrrole nitrogens is 10. The smallest absolute Gasteiger partial charge is 0.270 e. The monoisotopic (exact) mass is 1910 g/mol. The number of ketones is 1. The zero-order chi connectivity index (χ0) is 98.8. The molecule has 706 valence electrons. The highest BCUT2D eigenvalue weighted by Crippen LogP contribution is 2.46.